The van der Waals surface area contributed by atoms with Gasteiger partial charge in [0.15, 0.2) is 0 Å². The maximum absolute atomic E-state index is 12.9. The van der Waals surface area contributed by atoms with Gasteiger partial charge < -0.3 is 10.6 Å². The molecule has 1 atom stereocenters. The fourth-order valence-electron chi connectivity index (χ4n) is 5.21. The van der Waals surface area contributed by atoms with E-state index >= 15 is 0 Å². The highest BCUT2D eigenvalue weighted by atomic mass is 35.5. The zero-order valence-corrected chi connectivity index (χ0v) is 18.6. The molecule has 2 aliphatic rings. The van der Waals surface area contributed by atoms with Crippen LogP contribution in [0, 0.1) is 24.7 Å². The van der Waals surface area contributed by atoms with Crippen LogP contribution >= 0.6 is 11.6 Å². The molecule has 162 valence electrons. The Morgan fingerprint density at radius 3 is 2.69 bits per heavy atom. The van der Waals surface area contributed by atoms with Gasteiger partial charge in [0.25, 0.3) is 5.56 Å². The minimum absolute atomic E-state index is 0.0212. The normalized spacial score (nSPS) is 19.1. The molecule has 32 heavy (non-hydrogen) atoms. The van der Waals surface area contributed by atoms with E-state index in [1.807, 2.05) is 13.0 Å². The predicted octanol–water partition coefficient (Wildman–Crippen LogP) is 3.41. The van der Waals surface area contributed by atoms with Crippen molar-refractivity contribution < 1.29 is 0 Å². The van der Waals surface area contributed by atoms with Crippen LogP contribution in [-0.2, 0) is 6.42 Å². The molecule has 0 amide bonds. The van der Waals surface area contributed by atoms with Gasteiger partial charge in [-0.05, 0) is 67.0 Å². The highest BCUT2D eigenvalue weighted by Crippen LogP contribution is 2.51. The second kappa shape index (κ2) is 7.77. The molecule has 7 heteroatoms. The number of halogens is 1. The minimum atomic E-state index is -0.137. The van der Waals surface area contributed by atoms with Crippen molar-refractivity contribution in [3.8, 4) is 18.0 Å². The van der Waals surface area contributed by atoms with Crippen LogP contribution in [0.4, 0.5) is 5.82 Å². The highest BCUT2D eigenvalue weighted by molar-refractivity contribution is 6.29. The van der Waals surface area contributed by atoms with Crippen molar-refractivity contribution >= 4 is 17.4 Å². The Kier molecular flexibility index (Phi) is 5.04. The molecule has 1 aliphatic carbocycles. The fraction of sp³-hybridized carbons (Fsp3) is 0.320. The van der Waals surface area contributed by atoms with Gasteiger partial charge in [-0.2, -0.15) is 0 Å². The van der Waals surface area contributed by atoms with E-state index < -0.39 is 0 Å². The molecule has 5 rings (SSSR count). The van der Waals surface area contributed by atoms with Gasteiger partial charge in [-0.25, -0.2) is 9.97 Å². The third kappa shape index (κ3) is 3.38. The van der Waals surface area contributed by atoms with Gasteiger partial charge in [0.1, 0.15) is 16.8 Å². The number of fused-ring (bicyclic) bond motifs is 1. The van der Waals surface area contributed by atoms with Gasteiger partial charge >= 0.3 is 0 Å². The minimum Gasteiger partial charge on any atom is -0.356 e. The molecule has 1 spiro atoms. The van der Waals surface area contributed by atoms with Gasteiger partial charge in [0.05, 0.1) is 5.69 Å². The van der Waals surface area contributed by atoms with Crippen molar-refractivity contribution in [2.45, 2.75) is 32.2 Å². The van der Waals surface area contributed by atoms with Crippen LogP contribution in [-0.4, -0.2) is 27.6 Å². The first-order valence-electron chi connectivity index (χ1n) is 10.7. The van der Waals surface area contributed by atoms with Crippen molar-refractivity contribution in [3.05, 3.63) is 80.6 Å². The van der Waals surface area contributed by atoms with Gasteiger partial charge in [-0.3, -0.25) is 9.36 Å². The fourth-order valence-corrected chi connectivity index (χ4v) is 5.38. The Morgan fingerprint density at radius 1 is 1.22 bits per heavy atom. The van der Waals surface area contributed by atoms with E-state index in [4.69, 9.17) is 28.7 Å². The molecule has 2 aromatic heterocycles. The highest BCUT2D eigenvalue weighted by Gasteiger charge is 2.46. The smallest absolute Gasteiger partial charge is 0.260 e. The van der Waals surface area contributed by atoms with Gasteiger partial charge in [-0.15, -0.1) is 6.42 Å². The molecule has 1 aromatic carbocycles. The number of piperidine rings is 1. The average Bonchev–Trinajstić information content (AvgIpc) is 3.04. The Bertz CT molecular complexity index is 1300. The lowest BCUT2D eigenvalue weighted by Crippen LogP contribution is -2.45. The average molecular weight is 446 g/mol. The van der Waals surface area contributed by atoms with E-state index in [1.54, 1.807) is 29.0 Å². The summed E-state index contributed by atoms with van der Waals surface area (Å²) in [5.74, 6) is 4.03. The zero-order chi connectivity index (χ0) is 22.5. The van der Waals surface area contributed by atoms with E-state index in [9.17, 15) is 4.79 Å². The number of aromatic nitrogens is 3. The van der Waals surface area contributed by atoms with Gasteiger partial charge in [0.2, 0.25) is 0 Å². The quantitative estimate of drug-likeness (QED) is 0.483. The summed E-state index contributed by atoms with van der Waals surface area (Å²) < 4.78 is 1.55. The van der Waals surface area contributed by atoms with Crippen molar-refractivity contribution in [1.29, 1.82) is 0 Å². The number of terminal acetylenes is 1. The summed E-state index contributed by atoms with van der Waals surface area (Å²) in [6, 6.07) is 11.2. The SMILES string of the molecule is C#Cc1ccc2c(c1)[C@@H](N)C1(CCN(c3cc(=O)n(-c4ccnc(Cl)c4)c(C)n3)CC1)C2. The molecule has 3 aromatic rings. The molecule has 0 saturated carbocycles. The molecule has 0 bridgehead atoms. The van der Waals surface area contributed by atoms with Gasteiger partial charge in [0, 0.05) is 37.0 Å². The van der Waals surface area contributed by atoms with Crippen LogP contribution in [0.15, 0.2) is 47.4 Å². The molecule has 6 nitrogen and oxygen atoms in total. The van der Waals surface area contributed by atoms with E-state index in [2.05, 4.69) is 27.9 Å². The molecule has 1 saturated heterocycles. The zero-order valence-electron chi connectivity index (χ0n) is 17.9. The van der Waals surface area contributed by atoms with Crippen LogP contribution < -0.4 is 16.2 Å². The summed E-state index contributed by atoms with van der Waals surface area (Å²) in [4.78, 5) is 23.8. The number of nitrogens with zero attached hydrogens (tertiary/aromatic N) is 4. The first kappa shape index (κ1) is 20.7. The number of pyridine rings is 1. The van der Waals surface area contributed by atoms with Crippen molar-refractivity contribution in [1.82, 2.24) is 14.5 Å². The Labute approximate surface area is 192 Å². The Morgan fingerprint density at radius 2 is 2.00 bits per heavy atom. The molecule has 0 unspecified atom stereocenters. The first-order valence-corrected chi connectivity index (χ1v) is 11.1. The van der Waals surface area contributed by atoms with Crippen molar-refractivity contribution in [2.75, 3.05) is 18.0 Å². The Balaban J connectivity index is 1.37. The summed E-state index contributed by atoms with van der Waals surface area (Å²) >= 11 is 6.00. The molecule has 1 aliphatic heterocycles. The summed E-state index contributed by atoms with van der Waals surface area (Å²) in [5.41, 5.74) is 10.7. The molecule has 1 fully saturated rings. The lowest BCUT2D eigenvalue weighted by atomic mass is 9.73. The van der Waals surface area contributed by atoms with E-state index in [-0.39, 0.29) is 17.0 Å². The van der Waals surface area contributed by atoms with Crippen LogP contribution in [0.5, 0.6) is 0 Å². The largest absolute Gasteiger partial charge is 0.356 e. The van der Waals surface area contributed by atoms with Crippen molar-refractivity contribution in [3.63, 3.8) is 0 Å². The number of anilines is 1. The molecular formula is C25H24ClN5O. The lowest BCUT2D eigenvalue weighted by Gasteiger charge is -2.42. The maximum Gasteiger partial charge on any atom is 0.260 e. The van der Waals surface area contributed by atoms with Gasteiger partial charge in [-0.1, -0.05) is 23.6 Å². The third-order valence-corrected chi connectivity index (χ3v) is 7.18. The second-order valence-corrected chi connectivity index (χ2v) is 9.12. The number of aryl methyl sites for hydroxylation is 1. The molecule has 2 N–H and O–H groups in total. The number of benzene rings is 1. The second-order valence-electron chi connectivity index (χ2n) is 8.73. The maximum atomic E-state index is 12.9. The van der Waals surface area contributed by atoms with E-state index in [0.29, 0.717) is 22.5 Å². The molecule has 3 heterocycles. The predicted molar refractivity (Wildman–Crippen MR) is 126 cm³/mol. The van der Waals surface area contributed by atoms with Crippen LogP contribution in [0.1, 0.15) is 41.4 Å². The number of hydrogen-bond donors (Lipinski definition) is 1. The summed E-state index contributed by atoms with van der Waals surface area (Å²) in [5, 5.41) is 0.336. The standard InChI is InChI=1S/C25H24ClN5O/c1-3-17-4-5-18-15-25(24(27)20(18)12-17)7-10-30(11-8-25)22-14-23(32)31(16(2)29-22)19-6-9-28-21(26)13-19/h1,4-6,9,12-14,24H,7-8,10-11,15,27H2,2H3/t24-/m1/s1. The van der Waals surface area contributed by atoms with Crippen LogP contribution in [0.3, 0.4) is 0 Å². The topological polar surface area (TPSA) is 77.0 Å². The summed E-state index contributed by atoms with van der Waals surface area (Å²) in [6.07, 6.45) is 10.0. The third-order valence-electron chi connectivity index (χ3n) is 6.97. The molecular weight excluding hydrogens is 422 g/mol. The lowest BCUT2D eigenvalue weighted by molar-refractivity contribution is 0.187. The summed E-state index contributed by atoms with van der Waals surface area (Å²) in [6.45, 7) is 3.44. The first-order chi connectivity index (χ1) is 15.4. The van der Waals surface area contributed by atoms with E-state index in [0.717, 1.165) is 37.9 Å². The number of rotatable bonds is 2. The summed E-state index contributed by atoms with van der Waals surface area (Å²) in [7, 11) is 0. The van der Waals surface area contributed by atoms with Crippen molar-refractivity contribution in [2.24, 2.45) is 11.1 Å². The monoisotopic (exact) mass is 445 g/mol. The molecule has 0 radical (unpaired) electrons. The number of nitrogens with two attached hydrogens (primary N) is 1. The van der Waals surface area contributed by atoms with Crippen LogP contribution in [0.25, 0.3) is 5.69 Å². The Hall–Kier alpha value is -3.14. The van der Waals surface area contributed by atoms with E-state index in [1.165, 1.54) is 11.1 Å². The number of hydrogen-bond acceptors (Lipinski definition) is 5. The van der Waals surface area contributed by atoms with Crippen LogP contribution in [0.2, 0.25) is 5.15 Å².